The van der Waals surface area contributed by atoms with Gasteiger partial charge >= 0.3 is 0 Å². The molecule has 20 heavy (non-hydrogen) atoms. The number of ether oxygens (including phenoxy) is 1. The van der Waals surface area contributed by atoms with Gasteiger partial charge in [-0.25, -0.2) is 4.98 Å². The van der Waals surface area contributed by atoms with Crippen molar-refractivity contribution in [2.75, 3.05) is 6.61 Å². The Morgan fingerprint density at radius 1 is 1.40 bits per heavy atom. The second-order valence-electron chi connectivity index (χ2n) is 6.88. The second-order valence-corrected chi connectivity index (χ2v) is 8.11. The number of fused-ring (bicyclic) bond motifs is 2. The summed E-state index contributed by atoms with van der Waals surface area (Å²) >= 11 is 1.85. The Balaban J connectivity index is 1.52. The molecule has 3 aliphatic rings. The number of aryl methyl sites for hydroxylation is 2. The van der Waals surface area contributed by atoms with Gasteiger partial charge in [0, 0.05) is 34.9 Å². The number of nitrogens with zero attached hydrogens (tertiary/aromatic N) is 1. The molecule has 1 saturated heterocycles. The van der Waals surface area contributed by atoms with Gasteiger partial charge in [-0.3, -0.25) is 0 Å². The number of rotatable bonds is 3. The van der Waals surface area contributed by atoms with Gasteiger partial charge in [-0.2, -0.15) is 0 Å². The molecule has 1 aliphatic heterocycles. The predicted molar refractivity (Wildman–Crippen MR) is 81.1 cm³/mol. The van der Waals surface area contributed by atoms with Crippen molar-refractivity contribution in [3.8, 4) is 0 Å². The molecule has 0 bridgehead atoms. The molecular weight excluding hydrogens is 268 g/mol. The summed E-state index contributed by atoms with van der Waals surface area (Å²) in [5.41, 5.74) is 1.68. The highest BCUT2D eigenvalue weighted by atomic mass is 32.1. The van der Waals surface area contributed by atoms with Gasteiger partial charge in [0.05, 0.1) is 16.8 Å². The summed E-state index contributed by atoms with van der Waals surface area (Å²) in [7, 11) is 0. The van der Waals surface area contributed by atoms with Crippen LogP contribution in [0.5, 0.6) is 0 Å². The Morgan fingerprint density at radius 3 is 2.80 bits per heavy atom. The monoisotopic (exact) mass is 292 g/mol. The highest BCUT2D eigenvalue weighted by Crippen LogP contribution is 2.63. The summed E-state index contributed by atoms with van der Waals surface area (Å²) in [5.74, 6) is 0.757. The van der Waals surface area contributed by atoms with Crippen LogP contribution < -0.4 is 5.32 Å². The van der Waals surface area contributed by atoms with Gasteiger partial charge in [-0.1, -0.05) is 6.42 Å². The van der Waals surface area contributed by atoms with Crippen LogP contribution in [0.3, 0.4) is 0 Å². The van der Waals surface area contributed by atoms with E-state index in [1.165, 1.54) is 41.3 Å². The number of aromatic nitrogens is 1. The van der Waals surface area contributed by atoms with Crippen LogP contribution in [0.25, 0.3) is 0 Å². The minimum atomic E-state index is 0.422. The lowest BCUT2D eigenvalue weighted by atomic mass is 9.46. The summed E-state index contributed by atoms with van der Waals surface area (Å²) in [6, 6.07) is 1.09. The molecule has 1 aromatic heterocycles. The van der Waals surface area contributed by atoms with Gasteiger partial charge in [0.1, 0.15) is 0 Å². The fraction of sp³-hybridized carbons (Fsp3) is 0.812. The maximum absolute atomic E-state index is 6.01. The molecule has 0 unspecified atom stereocenters. The van der Waals surface area contributed by atoms with Gasteiger partial charge in [0.25, 0.3) is 0 Å². The van der Waals surface area contributed by atoms with E-state index in [4.69, 9.17) is 4.74 Å². The molecule has 2 saturated carbocycles. The second kappa shape index (κ2) is 4.52. The summed E-state index contributed by atoms with van der Waals surface area (Å²) < 4.78 is 6.01. The van der Waals surface area contributed by atoms with E-state index in [0.29, 0.717) is 23.6 Å². The van der Waals surface area contributed by atoms with Crippen LogP contribution in [0.4, 0.5) is 0 Å². The van der Waals surface area contributed by atoms with Crippen molar-refractivity contribution in [3.05, 3.63) is 15.6 Å². The zero-order valence-corrected chi connectivity index (χ0v) is 13.4. The highest BCUT2D eigenvalue weighted by molar-refractivity contribution is 7.11. The highest BCUT2D eigenvalue weighted by Gasteiger charge is 2.66. The largest absolute Gasteiger partial charge is 0.377 e. The zero-order chi connectivity index (χ0) is 13.9. The Labute approximate surface area is 125 Å². The summed E-state index contributed by atoms with van der Waals surface area (Å²) in [6.45, 7) is 7.52. The third kappa shape index (κ3) is 1.68. The molecule has 1 N–H and O–H groups in total. The van der Waals surface area contributed by atoms with Gasteiger partial charge in [0.15, 0.2) is 0 Å². The smallest absolute Gasteiger partial charge is 0.0900 e. The molecule has 4 atom stereocenters. The normalized spacial score (nSPS) is 35.5. The molecule has 0 aromatic carbocycles. The lowest BCUT2D eigenvalue weighted by molar-refractivity contribution is -0.178. The maximum atomic E-state index is 6.01. The molecule has 0 radical (unpaired) electrons. The third-order valence-corrected chi connectivity index (χ3v) is 7.05. The van der Waals surface area contributed by atoms with Crippen LogP contribution in [0.15, 0.2) is 0 Å². The Bertz CT molecular complexity index is 523. The first-order valence-electron chi connectivity index (χ1n) is 7.93. The summed E-state index contributed by atoms with van der Waals surface area (Å²) in [6.07, 6.45) is 5.92. The Kier molecular flexibility index (Phi) is 2.99. The first-order chi connectivity index (χ1) is 9.62. The van der Waals surface area contributed by atoms with Gasteiger partial charge < -0.3 is 10.1 Å². The van der Waals surface area contributed by atoms with E-state index in [2.05, 4.69) is 31.1 Å². The maximum Gasteiger partial charge on any atom is 0.0900 e. The standard InChI is InChI=1S/C16H24N2OS/c1-9-13(20-11(3)17-9)10(2)18-14-12-5-8-19-15(12)16(14)6-4-7-16/h10,12,14-15,18H,4-8H2,1-3H3/t10-,12+,14+,15-/m0/s1. The molecule has 4 rings (SSSR count). The molecule has 1 spiro atoms. The molecule has 2 aliphatic carbocycles. The van der Waals surface area contributed by atoms with Gasteiger partial charge in [-0.05, 0) is 40.0 Å². The van der Waals surface area contributed by atoms with Crippen LogP contribution in [0, 0.1) is 25.2 Å². The summed E-state index contributed by atoms with van der Waals surface area (Å²) in [5, 5.41) is 5.12. The first kappa shape index (κ1) is 13.2. The lowest BCUT2D eigenvalue weighted by Crippen LogP contribution is -2.71. The average molecular weight is 292 g/mol. The predicted octanol–water partition coefficient (Wildman–Crippen LogP) is 3.37. The van der Waals surface area contributed by atoms with E-state index >= 15 is 0 Å². The fourth-order valence-electron chi connectivity index (χ4n) is 4.79. The number of hydrogen-bond acceptors (Lipinski definition) is 4. The van der Waals surface area contributed by atoms with Crippen LogP contribution >= 0.6 is 11.3 Å². The van der Waals surface area contributed by atoms with E-state index in [9.17, 15) is 0 Å². The Morgan fingerprint density at radius 2 is 2.20 bits per heavy atom. The summed E-state index contributed by atoms with van der Waals surface area (Å²) in [4.78, 5) is 5.99. The minimum Gasteiger partial charge on any atom is -0.377 e. The average Bonchev–Trinajstić information content (AvgIpc) is 2.89. The van der Waals surface area contributed by atoms with E-state index in [1.807, 2.05) is 11.3 Å². The van der Waals surface area contributed by atoms with Crippen LogP contribution in [-0.4, -0.2) is 23.7 Å². The van der Waals surface area contributed by atoms with Crippen LogP contribution in [0.2, 0.25) is 0 Å². The Hall–Kier alpha value is -0.450. The molecule has 2 heterocycles. The minimum absolute atomic E-state index is 0.422. The lowest BCUT2D eigenvalue weighted by Gasteiger charge is -2.64. The van der Waals surface area contributed by atoms with Crippen LogP contribution in [-0.2, 0) is 4.74 Å². The first-order valence-corrected chi connectivity index (χ1v) is 8.75. The quantitative estimate of drug-likeness (QED) is 0.927. The number of thiazole rings is 1. The van der Waals surface area contributed by atoms with Crippen molar-refractivity contribution in [2.45, 2.75) is 64.6 Å². The topological polar surface area (TPSA) is 34.2 Å². The van der Waals surface area contributed by atoms with Crippen molar-refractivity contribution in [1.82, 2.24) is 10.3 Å². The van der Waals surface area contributed by atoms with E-state index < -0.39 is 0 Å². The van der Waals surface area contributed by atoms with E-state index in [0.717, 1.165) is 12.5 Å². The number of hydrogen-bond donors (Lipinski definition) is 1. The molecule has 3 fully saturated rings. The molecule has 4 heteroatoms. The van der Waals surface area contributed by atoms with Gasteiger partial charge in [0.2, 0.25) is 0 Å². The molecule has 3 nitrogen and oxygen atoms in total. The molecule has 110 valence electrons. The van der Waals surface area contributed by atoms with E-state index in [1.54, 1.807) is 0 Å². The molecule has 1 aromatic rings. The zero-order valence-electron chi connectivity index (χ0n) is 12.6. The van der Waals surface area contributed by atoms with Crippen molar-refractivity contribution in [2.24, 2.45) is 11.3 Å². The molecular formula is C16H24N2OS. The SMILES string of the molecule is Cc1nc(C)c([C@H](C)N[C@@H]2[C@H]3CCO[C@@H]3C23CCC3)s1. The van der Waals surface area contributed by atoms with Crippen LogP contribution in [0.1, 0.15) is 54.2 Å². The van der Waals surface area contributed by atoms with Crippen molar-refractivity contribution in [3.63, 3.8) is 0 Å². The van der Waals surface area contributed by atoms with Gasteiger partial charge in [-0.15, -0.1) is 11.3 Å². The number of nitrogens with one attached hydrogen (secondary N) is 1. The van der Waals surface area contributed by atoms with Crippen molar-refractivity contribution < 1.29 is 4.74 Å². The molecule has 0 amide bonds. The van der Waals surface area contributed by atoms with E-state index in [-0.39, 0.29) is 0 Å². The van der Waals surface area contributed by atoms with Crippen molar-refractivity contribution >= 4 is 11.3 Å². The van der Waals surface area contributed by atoms with Crippen molar-refractivity contribution in [1.29, 1.82) is 0 Å². The fourth-order valence-corrected chi connectivity index (χ4v) is 5.73. The third-order valence-electron chi connectivity index (χ3n) is 5.80.